The molecule has 2 N–H and O–H groups in total. The summed E-state index contributed by atoms with van der Waals surface area (Å²) >= 11 is 0. The summed E-state index contributed by atoms with van der Waals surface area (Å²) in [6.45, 7) is 1.79. The first-order valence-electron chi connectivity index (χ1n) is 6.69. The van der Waals surface area contributed by atoms with Gasteiger partial charge in [-0.25, -0.2) is 0 Å². The van der Waals surface area contributed by atoms with Gasteiger partial charge >= 0.3 is 0 Å². The molecule has 1 heterocycles. The molecule has 0 radical (unpaired) electrons. The fourth-order valence-electron chi connectivity index (χ4n) is 1.85. The molecule has 0 aliphatic carbocycles. The number of aliphatic hydroxyl groups excluding tert-OH is 1. The summed E-state index contributed by atoms with van der Waals surface area (Å²) in [7, 11) is 0. The van der Waals surface area contributed by atoms with Gasteiger partial charge < -0.3 is 10.4 Å². The maximum atomic E-state index is 12.1. The molecule has 0 aliphatic rings. The lowest BCUT2D eigenvalue weighted by Gasteiger charge is -2.12. The van der Waals surface area contributed by atoms with E-state index in [1.165, 1.54) is 16.8 Å². The fourth-order valence-corrected chi connectivity index (χ4v) is 1.85. The van der Waals surface area contributed by atoms with Crippen LogP contribution in [0.25, 0.3) is 5.69 Å². The highest BCUT2D eigenvalue weighted by molar-refractivity contribution is 5.92. The van der Waals surface area contributed by atoms with E-state index in [-0.39, 0.29) is 29.8 Å². The average Bonchev–Trinajstić information content (AvgIpc) is 2.48. The minimum atomic E-state index is -0.374. The number of rotatable bonds is 5. The summed E-state index contributed by atoms with van der Waals surface area (Å²) < 4.78 is 1.19. The molecule has 2 rings (SSSR count). The summed E-state index contributed by atoms with van der Waals surface area (Å²) in [6.07, 6.45) is 0.462. The van der Waals surface area contributed by atoms with Crippen molar-refractivity contribution in [3.05, 3.63) is 58.5 Å². The third kappa shape index (κ3) is 3.76. The highest BCUT2D eigenvalue weighted by Crippen LogP contribution is 2.03. The van der Waals surface area contributed by atoms with E-state index in [9.17, 15) is 9.59 Å². The van der Waals surface area contributed by atoms with E-state index in [0.717, 1.165) is 0 Å². The van der Waals surface area contributed by atoms with Crippen molar-refractivity contribution in [2.45, 2.75) is 19.4 Å². The number of carbonyl (C=O) groups is 1. The number of hydrogen-bond donors (Lipinski definition) is 2. The topological polar surface area (TPSA) is 84.2 Å². The monoisotopic (exact) mass is 287 g/mol. The van der Waals surface area contributed by atoms with Crippen LogP contribution >= 0.6 is 0 Å². The zero-order valence-corrected chi connectivity index (χ0v) is 11.7. The molecule has 1 amide bonds. The molecule has 0 saturated heterocycles. The Bertz CT molecular complexity index is 667. The second kappa shape index (κ2) is 6.81. The van der Waals surface area contributed by atoms with Crippen molar-refractivity contribution >= 4 is 5.91 Å². The lowest BCUT2D eigenvalue weighted by molar-refractivity contribution is 0.0927. The van der Waals surface area contributed by atoms with Crippen LogP contribution in [0.3, 0.4) is 0 Å². The molecular formula is C15H17N3O3. The van der Waals surface area contributed by atoms with Crippen molar-refractivity contribution in [3.8, 4) is 5.69 Å². The Morgan fingerprint density at radius 3 is 2.67 bits per heavy atom. The van der Waals surface area contributed by atoms with Gasteiger partial charge in [0.05, 0.1) is 5.69 Å². The van der Waals surface area contributed by atoms with E-state index < -0.39 is 0 Å². The Hall–Kier alpha value is -2.47. The number of aliphatic hydroxyl groups is 1. The van der Waals surface area contributed by atoms with E-state index >= 15 is 0 Å². The Labute approximate surface area is 122 Å². The first-order valence-corrected chi connectivity index (χ1v) is 6.69. The molecular weight excluding hydrogens is 270 g/mol. The van der Waals surface area contributed by atoms with Crippen molar-refractivity contribution in [2.24, 2.45) is 0 Å². The van der Waals surface area contributed by atoms with Crippen LogP contribution in [0.2, 0.25) is 0 Å². The van der Waals surface area contributed by atoms with Crippen LogP contribution in [0, 0.1) is 0 Å². The fraction of sp³-hybridized carbons (Fsp3) is 0.267. The minimum absolute atomic E-state index is 0.00160. The Morgan fingerprint density at radius 2 is 2.00 bits per heavy atom. The predicted molar refractivity (Wildman–Crippen MR) is 78.5 cm³/mol. The quantitative estimate of drug-likeness (QED) is 0.849. The summed E-state index contributed by atoms with van der Waals surface area (Å²) in [4.78, 5) is 23.9. The Balaban J connectivity index is 2.27. The van der Waals surface area contributed by atoms with Gasteiger partial charge in [-0.3, -0.25) is 9.59 Å². The average molecular weight is 287 g/mol. The number of aromatic nitrogens is 2. The molecule has 0 fully saturated rings. The third-order valence-corrected chi connectivity index (χ3v) is 2.97. The van der Waals surface area contributed by atoms with Crippen LogP contribution in [0.5, 0.6) is 0 Å². The van der Waals surface area contributed by atoms with E-state index in [2.05, 4.69) is 10.4 Å². The molecule has 1 atom stereocenters. The van der Waals surface area contributed by atoms with Crippen molar-refractivity contribution in [2.75, 3.05) is 6.61 Å². The molecule has 1 aromatic heterocycles. The van der Waals surface area contributed by atoms with Gasteiger partial charge in [0.1, 0.15) is 5.69 Å². The van der Waals surface area contributed by atoms with Crippen LogP contribution < -0.4 is 10.9 Å². The number of para-hydroxylation sites is 1. The highest BCUT2D eigenvalue weighted by Gasteiger charge is 2.12. The zero-order valence-electron chi connectivity index (χ0n) is 11.7. The summed E-state index contributed by atoms with van der Waals surface area (Å²) in [6, 6.07) is 11.4. The normalized spacial score (nSPS) is 11.9. The maximum Gasteiger partial charge on any atom is 0.271 e. The number of hydrogen-bond acceptors (Lipinski definition) is 4. The first-order chi connectivity index (χ1) is 10.1. The third-order valence-electron chi connectivity index (χ3n) is 2.97. The number of benzene rings is 1. The van der Waals surface area contributed by atoms with Gasteiger partial charge in [-0.15, -0.1) is 0 Å². The van der Waals surface area contributed by atoms with Crippen molar-refractivity contribution < 1.29 is 9.90 Å². The molecule has 0 saturated carbocycles. The van der Waals surface area contributed by atoms with Crippen LogP contribution in [-0.4, -0.2) is 33.4 Å². The van der Waals surface area contributed by atoms with Crippen LogP contribution in [0.4, 0.5) is 0 Å². The number of nitrogens with one attached hydrogen (secondary N) is 1. The minimum Gasteiger partial charge on any atom is -0.396 e. The van der Waals surface area contributed by atoms with E-state index in [1.807, 2.05) is 6.07 Å². The molecule has 2 aromatic rings. The molecule has 6 heteroatoms. The number of nitrogens with zero attached hydrogens (tertiary/aromatic N) is 2. The van der Waals surface area contributed by atoms with Gasteiger partial charge in [-0.1, -0.05) is 18.2 Å². The molecule has 110 valence electrons. The summed E-state index contributed by atoms with van der Waals surface area (Å²) in [5.74, 6) is -0.374. The number of amides is 1. The lowest BCUT2D eigenvalue weighted by atomic mass is 10.2. The largest absolute Gasteiger partial charge is 0.396 e. The first kappa shape index (κ1) is 14.9. The van der Waals surface area contributed by atoms with Gasteiger partial charge in [-0.2, -0.15) is 9.78 Å². The maximum absolute atomic E-state index is 12.1. The molecule has 0 aliphatic heterocycles. The molecule has 0 bridgehead atoms. The van der Waals surface area contributed by atoms with Gasteiger partial charge in [0.2, 0.25) is 0 Å². The Kier molecular flexibility index (Phi) is 4.84. The molecule has 6 nitrogen and oxygen atoms in total. The van der Waals surface area contributed by atoms with E-state index in [0.29, 0.717) is 12.1 Å². The van der Waals surface area contributed by atoms with Crippen molar-refractivity contribution in [3.63, 3.8) is 0 Å². The number of carbonyl (C=O) groups excluding carboxylic acids is 1. The van der Waals surface area contributed by atoms with E-state index in [1.54, 1.807) is 31.2 Å². The van der Waals surface area contributed by atoms with E-state index in [4.69, 9.17) is 5.11 Å². The smallest absolute Gasteiger partial charge is 0.271 e. The highest BCUT2D eigenvalue weighted by atomic mass is 16.3. The van der Waals surface area contributed by atoms with Crippen LogP contribution in [-0.2, 0) is 0 Å². The van der Waals surface area contributed by atoms with Crippen LogP contribution in [0.1, 0.15) is 23.8 Å². The molecule has 21 heavy (non-hydrogen) atoms. The molecule has 1 aromatic carbocycles. The molecule has 0 spiro atoms. The summed E-state index contributed by atoms with van der Waals surface area (Å²) in [5.41, 5.74) is 0.449. The standard InChI is InChI=1S/C15H17N3O3/c1-11(9-10-19)16-15(21)13-7-8-14(20)18(17-13)12-5-3-2-4-6-12/h2-8,11,19H,9-10H2,1H3,(H,16,21). The van der Waals surface area contributed by atoms with Crippen molar-refractivity contribution in [1.29, 1.82) is 0 Å². The second-order valence-electron chi connectivity index (χ2n) is 4.69. The SMILES string of the molecule is CC(CCO)NC(=O)c1ccc(=O)n(-c2ccccc2)n1. The lowest BCUT2D eigenvalue weighted by Crippen LogP contribution is -2.35. The van der Waals surface area contributed by atoms with Gasteiger partial charge in [-0.05, 0) is 31.5 Å². The van der Waals surface area contributed by atoms with Gasteiger partial charge in [0.15, 0.2) is 0 Å². The predicted octanol–water partition coefficient (Wildman–Crippen LogP) is 0.733. The molecule has 1 unspecified atom stereocenters. The van der Waals surface area contributed by atoms with Crippen molar-refractivity contribution in [1.82, 2.24) is 15.1 Å². The van der Waals surface area contributed by atoms with Crippen LogP contribution in [0.15, 0.2) is 47.3 Å². The van der Waals surface area contributed by atoms with Gasteiger partial charge in [0.25, 0.3) is 11.5 Å². The second-order valence-corrected chi connectivity index (χ2v) is 4.69. The summed E-state index contributed by atoms with van der Waals surface area (Å²) in [5, 5.41) is 15.6. The zero-order chi connectivity index (χ0) is 15.2. The Morgan fingerprint density at radius 1 is 1.29 bits per heavy atom. The van der Waals surface area contributed by atoms with Gasteiger partial charge in [0, 0.05) is 18.7 Å².